The minimum Gasteiger partial charge on any atom is -0.507 e. The molecule has 1 aromatic heterocycles. The minimum atomic E-state index is -0.0667. The highest BCUT2D eigenvalue weighted by atomic mass is 32.2. The fraction of sp³-hybridized carbons (Fsp3) is 0.471. The van der Waals surface area contributed by atoms with Gasteiger partial charge >= 0.3 is 0 Å². The van der Waals surface area contributed by atoms with Crippen LogP contribution in [0.15, 0.2) is 24.5 Å². The van der Waals surface area contributed by atoms with E-state index in [0.717, 1.165) is 48.6 Å². The first-order chi connectivity index (χ1) is 11.3. The van der Waals surface area contributed by atoms with E-state index in [1.165, 1.54) is 0 Å². The van der Waals surface area contributed by atoms with Crippen LogP contribution in [0, 0.1) is 0 Å². The number of nitrogens with zero attached hydrogens (tertiary/aromatic N) is 2. The molecule has 0 fully saturated rings. The molecule has 0 aliphatic carbocycles. The van der Waals surface area contributed by atoms with E-state index in [9.17, 15) is 5.11 Å². The number of fused-ring (bicyclic) bond motifs is 1. The first-order valence-corrected chi connectivity index (χ1v) is 9.26. The molecule has 1 atom stereocenters. The number of hydrogen-bond donors (Lipinski definition) is 2. The van der Waals surface area contributed by atoms with Crippen LogP contribution < -0.4 is 4.74 Å². The molecule has 0 spiro atoms. The molecular formula is C17H23N3O2S. The molecule has 6 heteroatoms. The Morgan fingerprint density at radius 1 is 1.48 bits per heavy atom. The Bertz CT molecular complexity index is 659. The van der Waals surface area contributed by atoms with Gasteiger partial charge in [0.15, 0.2) is 0 Å². The van der Waals surface area contributed by atoms with Crippen molar-refractivity contribution >= 4 is 11.8 Å². The first-order valence-electron chi connectivity index (χ1n) is 7.87. The van der Waals surface area contributed by atoms with Crippen molar-refractivity contribution in [3.63, 3.8) is 0 Å². The van der Waals surface area contributed by atoms with Crippen LogP contribution >= 0.6 is 11.8 Å². The molecule has 0 saturated carbocycles. The molecule has 0 amide bonds. The zero-order valence-electron chi connectivity index (χ0n) is 13.6. The molecule has 0 bridgehead atoms. The molecule has 0 unspecified atom stereocenters. The van der Waals surface area contributed by atoms with Crippen LogP contribution in [0.4, 0.5) is 0 Å². The Morgan fingerprint density at radius 2 is 2.35 bits per heavy atom. The number of imidazole rings is 1. The summed E-state index contributed by atoms with van der Waals surface area (Å²) in [5, 5.41) is 10.5. The van der Waals surface area contributed by atoms with Gasteiger partial charge in [-0.05, 0) is 37.1 Å². The molecule has 3 rings (SSSR count). The summed E-state index contributed by atoms with van der Waals surface area (Å²) in [7, 11) is 1.64. The van der Waals surface area contributed by atoms with Crippen molar-refractivity contribution in [2.45, 2.75) is 18.9 Å². The number of aromatic amines is 1. The number of rotatable bonds is 6. The lowest BCUT2D eigenvalue weighted by atomic mass is 9.94. The number of nitrogens with one attached hydrogen (secondary N) is 1. The van der Waals surface area contributed by atoms with Crippen molar-refractivity contribution in [3.05, 3.63) is 41.5 Å². The molecule has 0 radical (unpaired) electrons. The molecule has 1 aromatic carbocycles. The van der Waals surface area contributed by atoms with Crippen LogP contribution in [0.25, 0.3) is 0 Å². The second-order valence-corrected chi connectivity index (χ2v) is 6.68. The maximum atomic E-state index is 10.5. The van der Waals surface area contributed by atoms with E-state index in [1.807, 2.05) is 23.9 Å². The van der Waals surface area contributed by atoms with Gasteiger partial charge in [-0.1, -0.05) is 6.07 Å². The van der Waals surface area contributed by atoms with Gasteiger partial charge in [0.25, 0.3) is 0 Å². The van der Waals surface area contributed by atoms with Gasteiger partial charge in [0.1, 0.15) is 11.5 Å². The number of aromatic nitrogens is 2. The Morgan fingerprint density at radius 3 is 3.13 bits per heavy atom. The zero-order chi connectivity index (χ0) is 16.2. The van der Waals surface area contributed by atoms with E-state index < -0.39 is 0 Å². The lowest BCUT2D eigenvalue weighted by Crippen LogP contribution is -2.37. The monoisotopic (exact) mass is 333 g/mol. The average Bonchev–Trinajstić information content (AvgIpc) is 3.04. The largest absolute Gasteiger partial charge is 0.507 e. The number of H-pyrrole nitrogens is 1. The van der Waals surface area contributed by atoms with Crippen molar-refractivity contribution in [3.8, 4) is 11.5 Å². The number of phenolic OH excluding ortho intramolecular Hbond substituents is 1. The lowest BCUT2D eigenvalue weighted by molar-refractivity contribution is 0.203. The highest BCUT2D eigenvalue weighted by molar-refractivity contribution is 7.98. The molecule has 2 heterocycles. The molecule has 23 heavy (non-hydrogen) atoms. The molecule has 2 aromatic rings. The predicted molar refractivity (Wildman–Crippen MR) is 93.4 cm³/mol. The number of aromatic hydroxyl groups is 1. The molecule has 124 valence electrons. The van der Waals surface area contributed by atoms with Crippen molar-refractivity contribution in [2.24, 2.45) is 0 Å². The van der Waals surface area contributed by atoms with Crippen LogP contribution in [0.5, 0.6) is 11.5 Å². The third-order valence-electron chi connectivity index (χ3n) is 4.36. The van der Waals surface area contributed by atoms with Crippen LogP contribution in [0.1, 0.15) is 29.4 Å². The van der Waals surface area contributed by atoms with Crippen molar-refractivity contribution in [1.29, 1.82) is 0 Å². The molecule has 5 nitrogen and oxygen atoms in total. The van der Waals surface area contributed by atoms with E-state index in [-0.39, 0.29) is 11.8 Å². The number of benzene rings is 1. The third kappa shape index (κ3) is 3.19. The van der Waals surface area contributed by atoms with Crippen LogP contribution in [-0.2, 0) is 6.42 Å². The highest BCUT2D eigenvalue weighted by Crippen LogP contribution is 2.42. The Balaban J connectivity index is 2.01. The topological polar surface area (TPSA) is 61.4 Å². The molecule has 1 aliphatic rings. The van der Waals surface area contributed by atoms with Gasteiger partial charge in [-0.25, -0.2) is 4.98 Å². The van der Waals surface area contributed by atoms with Gasteiger partial charge in [-0.2, -0.15) is 11.8 Å². The molecule has 1 aliphatic heterocycles. The number of hydrogen-bond acceptors (Lipinski definition) is 5. The van der Waals surface area contributed by atoms with Gasteiger partial charge in [0.05, 0.1) is 30.7 Å². The summed E-state index contributed by atoms with van der Waals surface area (Å²) >= 11 is 1.86. The maximum Gasteiger partial charge on any atom is 0.127 e. The summed E-state index contributed by atoms with van der Waals surface area (Å²) in [6.45, 7) is 1.93. The van der Waals surface area contributed by atoms with Crippen molar-refractivity contribution < 1.29 is 9.84 Å². The number of thioether (sulfide) groups is 1. The van der Waals surface area contributed by atoms with E-state index >= 15 is 0 Å². The van der Waals surface area contributed by atoms with Crippen LogP contribution in [-0.4, -0.2) is 52.2 Å². The average molecular weight is 333 g/mol. The number of ether oxygens (including phenoxy) is 1. The van der Waals surface area contributed by atoms with Gasteiger partial charge in [-0.15, -0.1) is 0 Å². The summed E-state index contributed by atoms with van der Waals surface area (Å²) in [6.07, 6.45) is 5.95. The normalized spacial score (nSPS) is 17.9. The quantitative estimate of drug-likeness (QED) is 0.796. The highest BCUT2D eigenvalue weighted by Gasteiger charge is 2.34. The van der Waals surface area contributed by atoms with Crippen LogP contribution in [0.2, 0.25) is 0 Å². The molecule has 2 N–H and O–H groups in total. The summed E-state index contributed by atoms with van der Waals surface area (Å²) in [5.41, 5.74) is 2.97. The molecular weight excluding hydrogens is 310 g/mol. The predicted octanol–water partition coefficient (Wildman–Crippen LogP) is 2.82. The van der Waals surface area contributed by atoms with E-state index in [4.69, 9.17) is 4.74 Å². The summed E-state index contributed by atoms with van der Waals surface area (Å²) in [4.78, 5) is 10.2. The summed E-state index contributed by atoms with van der Waals surface area (Å²) < 4.78 is 5.52. The number of phenols is 1. The van der Waals surface area contributed by atoms with Gasteiger partial charge < -0.3 is 14.8 Å². The fourth-order valence-corrected chi connectivity index (χ4v) is 3.70. The van der Waals surface area contributed by atoms with E-state index in [1.54, 1.807) is 19.5 Å². The first kappa shape index (κ1) is 16.2. The SMILES string of the molecule is COc1cccc(O)c1[C@@H]1c2nc[nH]c2CCN1CCCSC. The third-order valence-corrected chi connectivity index (χ3v) is 5.05. The second-order valence-electron chi connectivity index (χ2n) is 5.69. The van der Waals surface area contributed by atoms with Crippen molar-refractivity contribution in [2.75, 3.05) is 32.2 Å². The minimum absolute atomic E-state index is 0.0667. The van der Waals surface area contributed by atoms with Crippen molar-refractivity contribution in [1.82, 2.24) is 14.9 Å². The van der Waals surface area contributed by atoms with E-state index in [0.29, 0.717) is 5.75 Å². The summed E-state index contributed by atoms with van der Waals surface area (Å²) in [6, 6.07) is 5.36. The Hall–Kier alpha value is -1.66. The fourth-order valence-electron chi connectivity index (χ4n) is 3.28. The second kappa shape index (κ2) is 7.27. The van der Waals surface area contributed by atoms with E-state index in [2.05, 4.69) is 21.1 Å². The number of methoxy groups -OCH3 is 1. The Kier molecular flexibility index (Phi) is 5.13. The van der Waals surface area contributed by atoms with Gasteiger partial charge in [0, 0.05) is 18.7 Å². The Labute approximate surface area is 141 Å². The zero-order valence-corrected chi connectivity index (χ0v) is 14.4. The summed E-state index contributed by atoms with van der Waals surface area (Å²) in [5.74, 6) is 2.11. The smallest absolute Gasteiger partial charge is 0.127 e. The molecule has 0 saturated heterocycles. The lowest BCUT2D eigenvalue weighted by Gasteiger charge is -2.36. The van der Waals surface area contributed by atoms with Gasteiger partial charge in [-0.3, -0.25) is 4.90 Å². The maximum absolute atomic E-state index is 10.5. The van der Waals surface area contributed by atoms with Gasteiger partial charge in [0.2, 0.25) is 0 Å². The standard InChI is InChI=1S/C17H23N3O2S/c1-22-14-6-3-5-13(21)15(14)17-16-12(18-11-19-16)7-9-20(17)8-4-10-23-2/h3,5-6,11,17,21H,4,7-10H2,1-2H3,(H,18,19)/t17-/m1/s1. The van der Waals surface area contributed by atoms with Crippen LogP contribution in [0.3, 0.4) is 0 Å².